The molecule has 0 saturated heterocycles. The van der Waals surface area contributed by atoms with Gasteiger partial charge < -0.3 is 5.41 Å². The number of benzene rings is 7. The maximum Gasteiger partial charge on any atom is 0.0618 e. The maximum atomic E-state index is 8.84. The van der Waals surface area contributed by atoms with Gasteiger partial charge >= 0.3 is 0 Å². The first-order chi connectivity index (χ1) is 26.6. The Morgan fingerprint density at radius 3 is 1.96 bits per heavy atom. The number of fused-ring (bicyclic) bond motifs is 10. The third kappa shape index (κ3) is 5.66. The molecule has 0 radical (unpaired) electrons. The SMILES string of the molecule is CC.CC1C=CC(/C(=C2\C=CC=CC2=N)c2cccc(-c3cccc(-c4cc5c6ccccc6c6ccccc6c5c5sc6ccccc6c45)c3)c2)=CC1. The van der Waals surface area contributed by atoms with E-state index in [9.17, 15) is 0 Å². The van der Waals surface area contributed by atoms with Gasteiger partial charge in [0.25, 0.3) is 0 Å². The van der Waals surface area contributed by atoms with Crippen molar-refractivity contribution in [3.63, 3.8) is 0 Å². The third-order valence-corrected chi connectivity index (χ3v) is 12.0. The highest BCUT2D eigenvalue weighted by Gasteiger charge is 2.20. The third-order valence-electron chi connectivity index (χ3n) is 10.8. The van der Waals surface area contributed by atoms with Gasteiger partial charge in [0.2, 0.25) is 0 Å². The van der Waals surface area contributed by atoms with Crippen molar-refractivity contribution < 1.29 is 0 Å². The van der Waals surface area contributed by atoms with Gasteiger partial charge in [-0.15, -0.1) is 11.3 Å². The lowest BCUT2D eigenvalue weighted by Crippen LogP contribution is -2.06. The Kier molecular flexibility index (Phi) is 8.77. The summed E-state index contributed by atoms with van der Waals surface area (Å²) >= 11 is 1.91. The minimum atomic E-state index is 0.518. The molecule has 0 saturated carbocycles. The summed E-state index contributed by atoms with van der Waals surface area (Å²) in [6, 6.07) is 47.1. The molecule has 1 atom stereocenters. The van der Waals surface area contributed by atoms with Gasteiger partial charge in [0.15, 0.2) is 0 Å². The van der Waals surface area contributed by atoms with E-state index >= 15 is 0 Å². The highest BCUT2D eigenvalue weighted by molar-refractivity contribution is 7.27. The average Bonchev–Trinajstić information content (AvgIpc) is 3.63. The summed E-state index contributed by atoms with van der Waals surface area (Å²) < 4.78 is 2.66. The molecule has 54 heavy (non-hydrogen) atoms. The molecule has 2 heteroatoms. The molecule has 0 spiro atoms. The lowest BCUT2D eigenvalue weighted by Gasteiger charge is -2.20. The van der Waals surface area contributed by atoms with E-state index in [4.69, 9.17) is 5.41 Å². The van der Waals surface area contributed by atoms with Gasteiger partial charge in [0, 0.05) is 31.1 Å². The predicted octanol–water partition coefficient (Wildman–Crippen LogP) is 15.3. The molecular weight excluding hydrogens is 671 g/mol. The van der Waals surface area contributed by atoms with Gasteiger partial charge in [-0.3, -0.25) is 0 Å². The smallest absolute Gasteiger partial charge is 0.0618 e. The van der Waals surface area contributed by atoms with E-state index in [-0.39, 0.29) is 0 Å². The topological polar surface area (TPSA) is 23.9 Å². The minimum absolute atomic E-state index is 0.518. The zero-order chi connectivity index (χ0) is 36.8. The highest BCUT2D eigenvalue weighted by atomic mass is 32.1. The van der Waals surface area contributed by atoms with Crippen molar-refractivity contribution in [3.05, 3.63) is 187 Å². The molecule has 1 unspecified atom stereocenters. The summed E-state index contributed by atoms with van der Waals surface area (Å²) in [7, 11) is 0. The molecule has 8 aromatic rings. The van der Waals surface area contributed by atoms with E-state index < -0.39 is 0 Å². The van der Waals surface area contributed by atoms with Crippen molar-refractivity contribution in [2.45, 2.75) is 27.2 Å². The number of hydrogen-bond donors (Lipinski definition) is 1. The zero-order valence-corrected chi connectivity index (χ0v) is 31.7. The number of thiophene rings is 1. The van der Waals surface area contributed by atoms with E-state index in [0.29, 0.717) is 11.6 Å². The Morgan fingerprint density at radius 1 is 0.593 bits per heavy atom. The molecule has 0 bridgehead atoms. The van der Waals surface area contributed by atoms with Crippen LogP contribution >= 0.6 is 11.3 Å². The van der Waals surface area contributed by atoms with Crippen molar-refractivity contribution in [1.29, 1.82) is 5.41 Å². The van der Waals surface area contributed by atoms with Gasteiger partial charge in [-0.2, -0.15) is 0 Å². The van der Waals surface area contributed by atoms with Crippen LogP contribution in [0.25, 0.3) is 80.3 Å². The summed E-state index contributed by atoms with van der Waals surface area (Å²) in [5.41, 5.74) is 9.75. The van der Waals surface area contributed by atoms with Crippen LogP contribution in [-0.4, -0.2) is 5.71 Å². The van der Waals surface area contributed by atoms with Crippen LogP contribution in [0.5, 0.6) is 0 Å². The fraction of sp³-hybridized carbons (Fsp3) is 0.0962. The van der Waals surface area contributed by atoms with Crippen LogP contribution < -0.4 is 0 Å². The summed E-state index contributed by atoms with van der Waals surface area (Å²) in [4.78, 5) is 0. The molecular formula is C52H41NS. The number of nitrogens with one attached hydrogen (secondary N) is 1. The Labute approximate surface area is 321 Å². The maximum absolute atomic E-state index is 8.84. The second-order valence-corrected chi connectivity index (χ2v) is 15.1. The predicted molar refractivity (Wildman–Crippen MR) is 238 cm³/mol. The molecule has 10 rings (SSSR count). The number of allylic oxidation sites excluding steroid dienone is 10. The van der Waals surface area contributed by atoms with E-state index in [1.165, 1.54) is 74.8 Å². The average molecular weight is 712 g/mol. The summed E-state index contributed by atoms with van der Waals surface area (Å²) in [5.74, 6) is 0.518. The van der Waals surface area contributed by atoms with Crippen LogP contribution in [0, 0.1) is 11.3 Å². The van der Waals surface area contributed by atoms with E-state index in [2.05, 4.69) is 159 Å². The van der Waals surface area contributed by atoms with E-state index in [0.717, 1.165) is 28.7 Å². The number of rotatable bonds is 4. The molecule has 7 aromatic carbocycles. The molecule has 0 fully saturated rings. The summed E-state index contributed by atoms with van der Waals surface area (Å²) in [6.45, 7) is 6.25. The molecule has 1 N–H and O–H groups in total. The quantitative estimate of drug-likeness (QED) is 0.176. The standard InChI is InChI=1S/C50H35NS.C2H6/c1-31-24-26-32(27-25-31)47(41-20-6-8-22-45(41)51)36-15-11-13-34(29-36)33-12-10-14-35(28-33)43-30-44-39-18-3-2-16-37(39)38-17-4-5-19-40(38)48(44)50-49(43)42-21-7-9-23-46(42)52-50;1-2/h2-24,26-31,51H,25H2,1H3;1-2H3/b47-41-,51-45?;. The second kappa shape index (κ2) is 14.0. The lowest BCUT2D eigenvalue weighted by molar-refractivity contribution is 0.733. The van der Waals surface area contributed by atoms with Crippen LogP contribution in [-0.2, 0) is 0 Å². The van der Waals surface area contributed by atoms with Crippen LogP contribution in [0.4, 0.5) is 0 Å². The Hall–Kier alpha value is -6.09. The van der Waals surface area contributed by atoms with E-state index in [1.807, 2.05) is 43.4 Å². The monoisotopic (exact) mass is 711 g/mol. The van der Waals surface area contributed by atoms with Crippen molar-refractivity contribution in [1.82, 2.24) is 0 Å². The normalized spacial score (nSPS) is 16.3. The van der Waals surface area contributed by atoms with Crippen molar-refractivity contribution in [3.8, 4) is 22.3 Å². The van der Waals surface area contributed by atoms with Gasteiger partial charge in [0.1, 0.15) is 0 Å². The van der Waals surface area contributed by atoms with E-state index in [1.54, 1.807) is 0 Å². The number of hydrogen-bond acceptors (Lipinski definition) is 2. The van der Waals surface area contributed by atoms with Crippen molar-refractivity contribution in [2.24, 2.45) is 5.92 Å². The largest absolute Gasteiger partial charge is 0.300 e. The second-order valence-electron chi connectivity index (χ2n) is 14.1. The van der Waals surface area contributed by atoms with Crippen molar-refractivity contribution >= 4 is 75.1 Å². The fourth-order valence-corrected chi connectivity index (χ4v) is 9.60. The molecule has 0 amide bonds. The van der Waals surface area contributed by atoms with Crippen LogP contribution in [0.3, 0.4) is 0 Å². The Balaban J connectivity index is 0.00000189. The van der Waals surface area contributed by atoms with Crippen LogP contribution in [0.1, 0.15) is 32.8 Å². The molecule has 1 aromatic heterocycles. The summed E-state index contributed by atoms with van der Waals surface area (Å²) in [6.07, 6.45) is 15.8. The zero-order valence-electron chi connectivity index (χ0n) is 30.9. The molecule has 1 nitrogen and oxygen atoms in total. The molecule has 2 aliphatic rings. The van der Waals surface area contributed by atoms with Crippen LogP contribution in [0.15, 0.2) is 181 Å². The van der Waals surface area contributed by atoms with Gasteiger partial charge in [0.05, 0.1) is 5.71 Å². The van der Waals surface area contributed by atoms with Gasteiger partial charge in [-0.25, -0.2) is 0 Å². The molecule has 1 heterocycles. The van der Waals surface area contributed by atoms with Crippen molar-refractivity contribution in [2.75, 3.05) is 0 Å². The lowest BCUT2D eigenvalue weighted by atomic mass is 9.84. The first-order valence-electron chi connectivity index (χ1n) is 19.1. The Morgan fingerprint density at radius 2 is 1.22 bits per heavy atom. The van der Waals surface area contributed by atoms with Crippen LogP contribution in [0.2, 0.25) is 0 Å². The summed E-state index contributed by atoms with van der Waals surface area (Å²) in [5, 5.41) is 19.3. The first-order valence-corrected chi connectivity index (χ1v) is 19.9. The molecule has 0 aliphatic heterocycles. The van der Waals surface area contributed by atoms with Gasteiger partial charge in [-0.1, -0.05) is 160 Å². The molecule has 2 aliphatic carbocycles. The fourth-order valence-electron chi connectivity index (χ4n) is 8.31. The molecule has 260 valence electrons. The minimum Gasteiger partial charge on any atom is -0.300 e. The highest BCUT2D eigenvalue weighted by Crippen LogP contribution is 2.48. The first kappa shape index (κ1) is 33.7. The van der Waals surface area contributed by atoms with Gasteiger partial charge in [-0.05, 0) is 109 Å². The Bertz CT molecular complexity index is 2960.